The van der Waals surface area contributed by atoms with Crippen LogP contribution in [0.1, 0.15) is 25.0 Å². The smallest absolute Gasteiger partial charge is 0.145 e. The normalized spacial score (nSPS) is 13.8. The molecule has 0 aliphatic carbocycles. The summed E-state index contributed by atoms with van der Waals surface area (Å²) in [4.78, 5) is 9.80. The van der Waals surface area contributed by atoms with Crippen LogP contribution in [0, 0.1) is 0 Å². The van der Waals surface area contributed by atoms with Gasteiger partial charge in [0.25, 0.3) is 0 Å². The molecule has 5 aromatic heterocycles. The van der Waals surface area contributed by atoms with Crippen LogP contribution in [-0.4, -0.2) is 23.7 Å². The van der Waals surface area contributed by atoms with E-state index >= 15 is 0 Å². The molecular formula is C43H29N5. The number of hydrogen-bond acceptors (Lipinski definition) is 2. The van der Waals surface area contributed by atoms with Crippen LogP contribution in [0.3, 0.4) is 0 Å². The highest BCUT2D eigenvalue weighted by molar-refractivity contribution is 6.12. The molecule has 0 saturated heterocycles. The maximum Gasteiger partial charge on any atom is 0.145 e. The Labute approximate surface area is 275 Å². The molecule has 0 amide bonds. The summed E-state index contributed by atoms with van der Waals surface area (Å²) >= 11 is 0. The largest absolute Gasteiger partial charge is 0.309 e. The molecule has 5 aromatic carbocycles. The summed E-state index contributed by atoms with van der Waals surface area (Å²) in [6.07, 6.45) is 3.79. The van der Waals surface area contributed by atoms with Gasteiger partial charge in [-0.2, -0.15) is 0 Å². The second kappa shape index (κ2) is 8.99. The number of aromatic nitrogens is 5. The highest BCUT2D eigenvalue weighted by Gasteiger charge is 2.35. The Balaban J connectivity index is 1.23. The van der Waals surface area contributed by atoms with Gasteiger partial charge in [-0.25, -0.2) is 9.97 Å². The van der Waals surface area contributed by atoms with Crippen LogP contribution in [0.5, 0.6) is 0 Å². The fourth-order valence-electron chi connectivity index (χ4n) is 8.58. The summed E-state index contributed by atoms with van der Waals surface area (Å²) in [5, 5.41) is 7.26. The Kier molecular flexibility index (Phi) is 4.86. The molecule has 5 heteroatoms. The SMILES string of the molecule is CC1(C)c2ccc(-n3c4ccccc4c4ccc(-n5c6ccccc6c6cccnc65)cc43)cc2-n2c3ncccc3c3cccc1c32. The minimum Gasteiger partial charge on any atom is -0.309 e. The average Bonchev–Trinajstić information content (AvgIpc) is 3.76. The third kappa shape index (κ3) is 3.16. The van der Waals surface area contributed by atoms with Crippen molar-refractivity contribution >= 4 is 65.7 Å². The quantitative estimate of drug-likeness (QED) is 0.194. The van der Waals surface area contributed by atoms with Crippen molar-refractivity contribution in [1.82, 2.24) is 23.7 Å². The maximum atomic E-state index is 4.94. The zero-order valence-electron chi connectivity index (χ0n) is 26.5. The Bertz CT molecular complexity index is 2930. The molecule has 10 aromatic rings. The monoisotopic (exact) mass is 615 g/mol. The Hall–Kier alpha value is -6.20. The standard InChI is InChI=1S/C43H29N5/c1-43(2)34-21-19-26(25-39(34)48-40-31(12-7-15-35(40)43)33-14-9-23-45-42(33)48)46-36-16-5-3-10-28(36)30-20-18-27(24-38(30)46)47-37-17-6-4-11-29(37)32-13-8-22-44-41(32)47/h3-25H,1-2H3. The average molecular weight is 616 g/mol. The number of benzene rings is 5. The third-order valence-corrected chi connectivity index (χ3v) is 10.7. The minimum atomic E-state index is -0.171. The molecule has 0 atom stereocenters. The molecule has 6 heterocycles. The van der Waals surface area contributed by atoms with E-state index in [1.54, 1.807) is 0 Å². The van der Waals surface area contributed by atoms with E-state index in [0.29, 0.717) is 0 Å². The van der Waals surface area contributed by atoms with E-state index in [1.807, 2.05) is 24.5 Å². The van der Waals surface area contributed by atoms with Crippen molar-refractivity contribution in [2.75, 3.05) is 0 Å². The number of pyridine rings is 2. The van der Waals surface area contributed by atoms with Crippen LogP contribution in [0.25, 0.3) is 82.7 Å². The van der Waals surface area contributed by atoms with E-state index in [4.69, 9.17) is 9.97 Å². The van der Waals surface area contributed by atoms with Crippen molar-refractivity contribution in [3.63, 3.8) is 0 Å². The number of fused-ring (bicyclic) bond motifs is 11. The molecule has 0 radical (unpaired) electrons. The first-order chi connectivity index (χ1) is 23.6. The van der Waals surface area contributed by atoms with Crippen molar-refractivity contribution < 1.29 is 0 Å². The van der Waals surface area contributed by atoms with Crippen LogP contribution in [0.2, 0.25) is 0 Å². The fraction of sp³-hybridized carbons (Fsp3) is 0.0698. The molecule has 226 valence electrons. The molecule has 0 unspecified atom stereocenters. The summed E-state index contributed by atoms with van der Waals surface area (Å²) in [5.74, 6) is 0. The van der Waals surface area contributed by atoms with Crippen LogP contribution < -0.4 is 0 Å². The van der Waals surface area contributed by atoms with E-state index in [2.05, 4.69) is 143 Å². The van der Waals surface area contributed by atoms with E-state index in [1.165, 1.54) is 54.8 Å². The number of para-hydroxylation sites is 3. The topological polar surface area (TPSA) is 40.6 Å². The molecule has 1 aliphatic heterocycles. The predicted octanol–water partition coefficient (Wildman–Crippen LogP) is 10.4. The van der Waals surface area contributed by atoms with Gasteiger partial charge in [0, 0.05) is 61.5 Å². The maximum absolute atomic E-state index is 4.94. The number of rotatable bonds is 2. The number of nitrogens with zero attached hydrogens (tertiary/aromatic N) is 5. The number of hydrogen-bond donors (Lipinski definition) is 0. The molecule has 0 bridgehead atoms. The fourth-order valence-corrected chi connectivity index (χ4v) is 8.58. The van der Waals surface area contributed by atoms with Gasteiger partial charge in [0.1, 0.15) is 11.3 Å². The molecule has 0 fully saturated rings. The Morgan fingerprint density at radius 3 is 1.81 bits per heavy atom. The second-order valence-electron chi connectivity index (χ2n) is 13.5. The lowest BCUT2D eigenvalue weighted by molar-refractivity contribution is 0.629. The molecule has 5 nitrogen and oxygen atoms in total. The Morgan fingerprint density at radius 2 is 1.02 bits per heavy atom. The predicted molar refractivity (Wildman–Crippen MR) is 197 cm³/mol. The van der Waals surface area contributed by atoms with Gasteiger partial charge in [-0.15, -0.1) is 0 Å². The van der Waals surface area contributed by atoms with Gasteiger partial charge < -0.3 is 4.57 Å². The zero-order valence-corrected chi connectivity index (χ0v) is 26.5. The van der Waals surface area contributed by atoms with E-state index < -0.39 is 0 Å². The van der Waals surface area contributed by atoms with Crippen molar-refractivity contribution in [2.45, 2.75) is 19.3 Å². The lowest BCUT2D eigenvalue weighted by atomic mass is 9.74. The zero-order chi connectivity index (χ0) is 31.7. The van der Waals surface area contributed by atoms with Crippen molar-refractivity contribution in [3.05, 3.63) is 151 Å². The second-order valence-corrected chi connectivity index (χ2v) is 13.5. The van der Waals surface area contributed by atoms with E-state index in [0.717, 1.165) is 39.1 Å². The molecule has 48 heavy (non-hydrogen) atoms. The lowest BCUT2D eigenvalue weighted by Crippen LogP contribution is -2.26. The van der Waals surface area contributed by atoms with Gasteiger partial charge in [-0.3, -0.25) is 9.13 Å². The highest BCUT2D eigenvalue weighted by Crippen LogP contribution is 2.48. The van der Waals surface area contributed by atoms with Gasteiger partial charge in [0.05, 0.1) is 27.8 Å². The Morgan fingerprint density at radius 1 is 0.438 bits per heavy atom. The first kappa shape index (κ1) is 25.9. The van der Waals surface area contributed by atoms with Gasteiger partial charge in [-0.05, 0) is 71.8 Å². The van der Waals surface area contributed by atoms with Gasteiger partial charge in [-0.1, -0.05) is 80.6 Å². The molecule has 1 aliphatic rings. The third-order valence-electron chi connectivity index (χ3n) is 10.7. The summed E-state index contributed by atoms with van der Waals surface area (Å²) < 4.78 is 7.12. The molecule has 11 rings (SSSR count). The lowest BCUT2D eigenvalue weighted by Gasteiger charge is -2.34. The van der Waals surface area contributed by atoms with Crippen LogP contribution in [0.15, 0.2) is 140 Å². The van der Waals surface area contributed by atoms with Crippen molar-refractivity contribution in [3.8, 4) is 17.1 Å². The van der Waals surface area contributed by atoms with Crippen molar-refractivity contribution in [1.29, 1.82) is 0 Å². The molecular weight excluding hydrogens is 587 g/mol. The molecule has 0 spiro atoms. The summed E-state index contributed by atoms with van der Waals surface area (Å²) in [7, 11) is 0. The van der Waals surface area contributed by atoms with E-state index in [9.17, 15) is 0 Å². The van der Waals surface area contributed by atoms with Gasteiger partial charge >= 0.3 is 0 Å². The first-order valence-corrected chi connectivity index (χ1v) is 16.5. The molecule has 0 saturated carbocycles. The van der Waals surface area contributed by atoms with Crippen LogP contribution in [-0.2, 0) is 5.41 Å². The van der Waals surface area contributed by atoms with Crippen molar-refractivity contribution in [2.24, 2.45) is 0 Å². The van der Waals surface area contributed by atoms with Gasteiger partial charge in [0.2, 0.25) is 0 Å². The van der Waals surface area contributed by atoms with Gasteiger partial charge in [0.15, 0.2) is 0 Å². The summed E-state index contributed by atoms with van der Waals surface area (Å²) in [5.41, 5.74) is 12.6. The summed E-state index contributed by atoms with van der Waals surface area (Å²) in [6.45, 7) is 4.70. The highest BCUT2D eigenvalue weighted by atomic mass is 15.1. The first-order valence-electron chi connectivity index (χ1n) is 16.5. The minimum absolute atomic E-state index is 0.171. The summed E-state index contributed by atoms with van der Waals surface area (Å²) in [6, 6.07) is 46.3. The van der Waals surface area contributed by atoms with Crippen LogP contribution in [0.4, 0.5) is 0 Å². The molecule has 0 N–H and O–H groups in total. The van der Waals surface area contributed by atoms with E-state index in [-0.39, 0.29) is 5.41 Å². The van der Waals surface area contributed by atoms with Crippen LogP contribution >= 0.6 is 0 Å².